The predicted octanol–water partition coefficient (Wildman–Crippen LogP) is 5.03. The molecule has 0 bridgehead atoms. The first kappa shape index (κ1) is 21.1. The van der Waals surface area contributed by atoms with Crippen LogP contribution in [0.4, 0.5) is 5.69 Å². The summed E-state index contributed by atoms with van der Waals surface area (Å²) in [6.07, 6.45) is 10.9. The van der Waals surface area contributed by atoms with Crippen LogP contribution in [-0.2, 0) is 9.59 Å². The second-order valence-electron chi connectivity index (χ2n) is 7.83. The molecule has 0 spiro atoms. The molecule has 1 aromatic heterocycles. The summed E-state index contributed by atoms with van der Waals surface area (Å²) in [7, 11) is 0. The Balaban J connectivity index is 1.96. The number of amides is 2. The largest absolute Gasteiger partial charge is 0.351 e. The molecule has 1 aromatic carbocycles. The van der Waals surface area contributed by atoms with Gasteiger partial charge in [-0.25, -0.2) is 0 Å². The minimum Gasteiger partial charge on any atom is -0.351 e. The molecule has 29 heavy (non-hydrogen) atoms. The van der Waals surface area contributed by atoms with Crippen molar-refractivity contribution in [2.45, 2.75) is 64.0 Å². The number of thiophene rings is 1. The van der Waals surface area contributed by atoms with Crippen molar-refractivity contribution in [1.29, 1.82) is 0 Å². The zero-order valence-corrected chi connectivity index (χ0v) is 17.9. The van der Waals surface area contributed by atoms with Crippen molar-refractivity contribution in [3.8, 4) is 12.3 Å². The van der Waals surface area contributed by atoms with Gasteiger partial charge in [0.1, 0.15) is 0 Å². The van der Waals surface area contributed by atoms with Crippen LogP contribution < -0.4 is 10.2 Å². The smallest absolute Gasteiger partial charge is 0.303 e. The lowest BCUT2D eigenvalue weighted by molar-refractivity contribution is -0.125. The van der Waals surface area contributed by atoms with Crippen molar-refractivity contribution in [1.82, 2.24) is 5.32 Å². The second kappa shape index (κ2) is 9.76. The minimum absolute atomic E-state index is 0.157. The molecule has 152 valence electrons. The van der Waals surface area contributed by atoms with E-state index in [9.17, 15) is 9.59 Å². The standard InChI is InChI=1S/C24H28N2O2S/c1-4-22(27)26(20-14-12-18(13-15-20)17(2)3)23(21-11-8-16-29-21)24(28)25-19-9-6-5-7-10-19/h1,8,11-17,19,23H,5-7,9-10H2,2-3H3,(H,25,28). The van der Waals surface area contributed by atoms with Gasteiger partial charge in [0.05, 0.1) is 0 Å². The number of rotatable bonds is 6. The first-order valence-corrected chi connectivity index (χ1v) is 11.1. The molecule has 1 heterocycles. The van der Waals surface area contributed by atoms with Gasteiger partial charge in [-0.2, -0.15) is 0 Å². The average Bonchev–Trinajstić information content (AvgIpc) is 3.26. The average molecular weight is 409 g/mol. The maximum absolute atomic E-state index is 13.4. The first-order valence-electron chi connectivity index (χ1n) is 10.2. The molecule has 1 aliphatic rings. The molecule has 1 unspecified atom stereocenters. The first-order chi connectivity index (χ1) is 14.0. The van der Waals surface area contributed by atoms with E-state index >= 15 is 0 Å². The third kappa shape index (κ3) is 5.07. The summed E-state index contributed by atoms with van der Waals surface area (Å²) in [5.74, 6) is 1.91. The Labute approximate surface area is 177 Å². The molecule has 5 heteroatoms. The van der Waals surface area contributed by atoms with Crippen molar-refractivity contribution in [2.75, 3.05) is 4.90 Å². The zero-order valence-electron chi connectivity index (χ0n) is 17.1. The van der Waals surface area contributed by atoms with E-state index in [1.54, 1.807) is 0 Å². The van der Waals surface area contributed by atoms with E-state index in [0.717, 1.165) is 30.6 Å². The number of hydrogen-bond acceptors (Lipinski definition) is 3. The quantitative estimate of drug-likeness (QED) is 0.682. The van der Waals surface area contributed by atoms with Crippen molar-refractivity contribution < 1.29 is 9.59 Å². The number of terminal acetylenes is 1. The van der Waals surface area contributed by atoms with Crippen molar-refractivity contribution >= 4 is 28.8 Å². The summed E-state index contributed by atoms with van der Waals surface area (Å²) in [6.45, 7) is 4.23. The van der Waals surface area contributed by atoms with E-state index in [4.69, 9.17) is 6.42 Å². The Bertz CT molecular complexity index is 859. The van der Waals surface area contributed by atoms with Crippen LogP contribution in [0.2, 0.25) is 0 Å². The lowest BCUT2D eigenvalue weighted by Crippen LogP contribution is -2.46. The van der Waals surface area contributed by atoms with Gasteiger partial charge in [-0.3, -0.25) is 14.5 Å². The Morgan fingerprint density at radius 2 is 1.83 bits per heavy atom. The van der Waals surface area contributed by atoms with Gasteiger partial charge in [-0.05, 0) is 53.8 Å². The second-order valence-corrected chi connectivity index (χ2v) is 8.81. The van der Waals surface area contributed by atoms with E-state index in [1.165, 1.54) is 28.2 Å². The van der Waals surface area contributed by atoms with Crippen molar-refractivity contribution in [2.24, 2.45) is 0 Å². The van der Waals surface area contributed by atoms with Crippen LogP contribution in [0.1, 0.15) is 68.4 Å². The number of nitrogens with one attached hydrogen (secondary N) is 1. The van der Waals surface area contributed by atoms with E-state index < -0.39 is 11.9 Å². The zero-order chi connectivity index (χ0) is 20.8. The minimum atomic E-state index is -0.773. The van der Waals surface area contributed by atoms with E-state index in [-0.39, 0.29) is 11.9 Å². The summed E-state index contributed by atoms with van der Waals surface area (Å²) >= 11 is 1.46. The van der Waals surface area contributed by atoms with Gasteiger partial charge in [0.25, 0.3) is 0 Å². The number of nitrogens with zero attached hydrogens (tertiary/aromatic N) is 1. The lowest BCUT2D eigenvalue weighted by atomic mass is 9.95. The highest BCUT2D eigenvalue weighted by atomic mass is 32.1. The maximum atomic E-state index is 13.4. The summed E-state index contributed by atoms with van der Waals surface area (Å²) in [6, 6.07) is 10.9. The van der Waals surface area contributed by atoms with Gasteiger partial charge in [0.2, 0.25) is 5.91 Å². The maximum Gasteiger partial charge on any atom is 0.303 e. The van der Waals surface area contributed by atoms with Crippen LogP contribution in [0.15, 0.2) is 41.8 Å². The molecule has 2 aromatic rings. The third-order valence-corrected chi connectivity index (χ3v) is 6.38. The third-order valence-electron chi connectivity index (χ3n) is 5.45. The van der Waals surface area contributed by atoms with E-state index in [1.807, 2.05) is 41.8 Å². The van der Waals surface area contributed by atoms with Crippen molar-refractivity contribution in [3.63, 3.8) is 0 Å². The van der Waals surface area contributed by atoms with Gasteiger partial charge in [-0.15, -0.1) is 17.8 Å². The van der Waals surface area contributed by atoms with Gasteiger partial charge >= 0.3 is 5.91 Å². The molecule has 1 N–H and O–H groups in total. The molecule has 3 rings (SSSR count). The lowest BCUT2D eigenvalue weighted by Gasteiger charge is -2.31. The fraction of sp³-hybridized carbons (Fsp3) is 0.417. The molecular formula is C24H28N2O2S. The number of anilines is 1. The molecule has 1 atom stereocenters. The van der Waals surface area contributed by atoms with Gasteiger partial charge in [0.15, 0.2) is 6.04 Å². The molecule has 0 radical (unpaired) electrons. The Morgan fingerprint density at radius 3 is 2.38 bits per heavy atom. The fourth-order valence-electron chi connectivity index (χ4n) is 3.82. The van der Waals surface area contributed by atoms with E-state index in [0.29, 0.717) is 11.6 Å². The number of carbonyl (C=O) groups is 2. The number of carbonyl (C=O) groups excluding carboxylic acids is 2. The molecule has 1 fully saturated rings. The number of hydrogen-bond donors (Lipinski definition) is 1. The van der Waals surface area contributed by atoms with E-state index in [2.05, 4.69) is 25.1 Å². The Morgan fingerprint density at radius 1 is 1.14 bits per heavy atom. The van der Waals surface area contributed by atoms with Crippen molar-refractivity contribution in [3.05, 3.63) is 52.2 Å². The normalized spacial score (nSPS) is 15.5. The summed E-state index contributed by atoms with van der Waals surface area (Å²) < 4.78 is 0. The number of benzene rings is 1. The molecule has 1 saturated carbocycles. The SMILES string of the molecule is C#CC(=O)N(c1ccc(C(C)C)cc1)C(C(=O)NC1CCCCC1)c1cccs1. The van der Waals surface area contributed by atoms with Gasteiger partial charge < -0.3 is 5.32 Å². The summed E-state index contributed by atoms with van der Waals surface area (Å²) in [5, 5.41) is 5.08. The topological polar surface area (TPSA) is 49.4 Å². The Kier molecular flexibility index (Phi) is 7.11. The van der Waals surface area contributed by atoms with Crippen LogP contribution >= 0.6 is 11.3 Å². The van der Waals surface area contributed by atoms with Crippen LogP contribution in [0.5, 0.6) is 0 Å². The fourth-order valence-corrected chi connectivity index (χ4v) is 4.63. The highest BCUT2D eigenvalue weighted by Crippen LogP contribution is 2.32. The molecule has 0 aliphatic heterocycles. The van der Waals surface area contributed by atoms with Gasteiger partial charge in [0, 0.05) is 16.6 Å². The van der Waals surface area contributed by atoms with Crippen LogP contribution in [0.25, 0.3) is 0 Å². The summed E-state index contributed by atoms with van der Waals surface area (Å²) in [4.78, 5) is 28.4. The van der Waals surface area contributed by atoms with Crippen LogP contribution in [0, 0.1) is 12.3 Å². The molecule has 4 nitrogen and oxygen atoms in total. The highest BCUT2D eigenvalue weighted by Gasteiger charge is 2.34. The van der Waals surface area contributed by atoms with Crippen LogP contribution in [0.3, 0.4) is 0 Å². The monoisotopic (exact) mass is 408 g/mol. The Hall–Kier alpha value is -2.58. The van der Waals surface area contributed by atoms with Crippen LogP contribution in [-0.4, -0.2) is 17.9 Å². The predicted molar refractivity (Wildman–Crippen MR) is 119 cm³/mol. The molecule has 0 saturated heterocycles. The molecule has 1 aliphatic carbocycles. The highest BCUT2D eigenvalue weighted by molar-refractivity contribution is 7.10. The molecular weight excluding hydrogens is 380 g/mol. The summed E-state index contributed by atoms with van der Waals surface area (Å²) in [5.41, 5.74) is 1.80. The van der Waals surface area contributed by atoms with Gasteiger partial charge in [-0.1, -0.05) is 51.3 Å². The molecule has 2 amide bonds.